The maximum absolute atomic E-state index is 12.8. The highest BCUT2D eigenvalue weighted by atomic mass is 79.9. The highest BCUT2D eigenvalue weighted by molar-refractivity contribution is 5.78. The predicted molar refractivity (Wildman–Crippen MR) is 127 cm³/mol. The highest BCUT2D eigenvalue weighted by Gasteiger charge is 2.52. The van der Waals surface area contributed by atoms with Crippen LogP contribution in [0.15, 0.2) is 54.6 Å². The number of piperidine rings is 1. The Bertz CT molecular complexity index is 872. The van der Waals surface area contributed by atoms with Gasteiger partial charge < -0.3 is 31.3 Å². The number of hydrogen-bond acceptors (Lipinski definition) is 3. The molecule has 180 valence electrons. The number of hydrogen-bond donors (Lipinski definition) is 1. The van der Waals surface area contributed by atoms with Gasteiger partial charge in [0.25, 0.3) is 0 Å². The van der Waals surface area contributed by atoms with E-state index in [2.05, 4.69) is 38.2 Å². The smallest absolute Gasteiger partial charge is 0.316 e. The van der Waals surface area contributed by atoms with Gasteiger partial charge in [0.15, 0.2) is 0 Å². The molecule has 0 spiro atoms. The molecule has 33 heavy (non-hydrogen) atoms. The van der Waals surface area contributed by atoms with E-state index in [1.54, 1.807) is 0 Å². The number of quaternary nitrogens is 1. The molecule has 0 radical (unpaired) electrons. The number of benzene rings is 2. The van der Waals surface area contributed by atoms with Gasteiger partial charge in [-0.05, 0) is 24.0 Å². The molecule has 0 amide bonds. The molecule has 5 atom stereocenters. The second-order valence-electron chi connectivity index (χ2n) is 9.99. The first-order valence-electron chi connectivity index (χ1n) is 12.3. The molecule has 5 heteroatoms. The fourth-order valence-corrected chi connectivity index (χ4v) is 5.88. The van der Waals surface area contributed by atoms with Crippen molar-refractivity contribution in [1.82, 2.24) is 0 Å². The van der Waals surface area contributed by atoms with Gasteiger partial charge in [-0.2, -0.15) is 0 Å². The summed E-state index contributed by atoms with van der Waals surface area (Å²) in [6.07, 6.45) is 7.84. The van der Waals surface area contributed by atoms with Crippen molar-refractivity contribution in [3.05, 3.63) is 71.3 Å². The molecular formula is C28H38BrNO3. The van der Waals surface area contributed by atoms with Gasteiger partial charge >= 0.3 is 5.97 Å². The Kier molecular flexibility index (Phi) is 9.14. The zero-order valence-electron chi connectivity index (χ0n) is 20.0. The lowest BCUT2D eigenvalue weighted by Gasteiger charge is -2.47. The van der Waals surface area contributed by atoms with Crippen LogP contribution in [0.1, 0.15) is 68.1 Å². The molecule has 1 N–H and O–H groups in total. The molecule has 2 aliphatic heterocycles. The number of ether oxygens (including phenoxy) is 1. The van der Waals surface area contributed by atoms with E-state index in [9.17, 15) is 9.90 Å². The summed E-state index contributed by atoms with van der Waals surface area (Å²) in [5.41, 5.74) is 3.66. The second kappa shape index (κ2) is 11.6. The molecule has 2 aromatic rings. The summed E-state index contributed by atoms with van der Waals surface area (Å²) in [4.78, 5) is 12.8. The van der Waals surface area contributed by atoms with Crippen LogP contribution in [0.4, 0.5) is 0 Å². The number of rotatable bonds is 9. The molecule has 3 unspecified atom stereocenters. The van der Waals surface area contributed by atoms with Crippen molar-refractivity contribution in [1.29, 1.82) is 0 Å². The van der Waals surface area contributed by atoms with Crippen LogP contribution in [0.25, 0.3) is 0 Å². The third kappa shape index (κ3) is 5.87. The minimum atomic E-state index is -0.595. The lowest BCUT2D eigenvalue weighted by atomic mass is 9.94. The standard InChI is InChI=1S/C28H38NO3.BrH/c1-3-4-8-21-11-13-22(14-12-21)19-29(2)24-15-16-25(29)18-26(17-24)32-28(31)27(20-30)23-9-6-5-7-10-23;/h5-7,9-14,24-27,30H,3-4,8,15-20H2,1-2H3;1H/q+1;/p-1/t24-,25+,26?,27?,29?;. The van der Waals surface area contributed by atoms with E-state index in [0.29, 0.717) is 12.1 Å². The number of esters is 1. The molecule has 0 aliphatic carbocycles. The van der Waals surface area contributed by atoms with E-state index in [4.69, 9.17) is 4.74 Å². The fraction of sp³-hybridized carbons (Fsp3) is 0.536. The number of nitrogens with zero attached hydrogens (tertiary/aromatic N) is 1. The molecule has 2 aromatic carbocycles. The van der Waals surface area contributed by atoms with Gasteiger partial charge in [-0.3, -0.25) is 4.79 Å². The van der Waals surface area contributed by atoms with Gasteiger partial charge in [0, 0.05) is 31.2 Å². The average Bonchev–Trinajstić information content (AvgIpc) is 2.96. The molecule has 2 saturated heterocycles. The van der Waals surface area contributed by atoms with E-state index in [0.717, 1.165) is 29.4 Å². The van der Waals surface area contributed by atoms with Crippen LogP contribution >= 0.6 is 0 Å². The quantitative estimate of drug-likeness (QED) is 0.410. The molecule has 2 bridgehead atoms. The summed E-state index contributed by atoms with van der Waals surface area (Å²) in [7, 11) is 2.39. The van der Waals surface area contributed by atoms with Crippen LogP contribution in [0.3, 0.4) is 0 Å². The predicted octanol–water partition coefficient (Wildman–Crippen LogP) is 1.99. The maximum atomic E-state index is 12.8. The number of aryl methyl sites for hydroxylation is 1. The summed E-state index contributed by atoms with van der Waals surface area (Å²) in [6, 6.07) is 19.7. The van der Waals surface area contributed by atoms with Crippen LogP contribution in [0.2, 0.25) is 0 Å². The van der Waals surface area contributed by atoms with E-state index in [1.165, 1.54) is 43.2 Å². The lowest BCUT2D eigenvalue weighted by molar-refractivity contribution is -0.961. The summed E-state index contributed by atoms with van der Waals surface area (Å²) < 4.78 is 7.03. The third-order valence-corrected chi connectivity index (χ3v) is 7.89. The zero-order chi connectivity index (χ0) is 22.6. The SMILES string of the molecule is CCCCc1ccc(C[N+]2(C)[C@@H]3CC[C@H]2CC(OC(=O)C(CO)c2ccccc2)C3)cc1.[Br-]. The molecule has 2 fully saturated rings. The Morgan fingerprint density at radius 3 is 2.21 bits per heavy atom. The largest absolute Gasteiger partial charge is 1.00 e. The van der Waals surface area contributed by atoms with Crippen LogP contribution in [0.5, 0.6) is 0 Å². The van der Waals surface area contributed by atoms with Gasteiger partial charge in [-0.25, -0.2) is 0 Å². The van der Waals surface area contributed by atoms with Crippen LogP contribution in [-0.2, 0) is 22.5 Å². The van der Waals surface area contributed by atoms with E-state index in [1.807, 2.05) is 30.3 Å². The first-order chi connectivity index (χ1) is 15.5. The van der Waals surface area contributed by atoms with E-state index >= 15 is 0 Å². The van der Waals surface area contributed by atoms with Gasteiger partial charge in [-0.1, -0.05) is 67.9 Å². The molecule has 2 heterocycles. The molecule has 2 aliphatic rings. The Balaban J connectivity index is 0.00000306. The Hall–Kier alpha value is -1.69. The highest BCUT2D eigenvalue weighted by Crippen LogP contribution is 2.43. The van der Waals surface area contributed by atoms with Crippen molar-refractivity contribution in [2.45, 2.75) is 82.5 Å². The number of carbonyl (C=O) groups is 1. The number of fused-ring (bicyclic) bond motifs is 2. The van der Waals surface area contributed by atoms with Crippen molar-refractivity contribution in [2.24, 2.45) is 0 Å². The Morgan fingerprint density at radius 2 is 1.64 bits per heavy atom. The summed E-state index contributed by atoms with van der Waals surface area (Å²) >= 11 is 0. The van der Waals surface area contributed by atoms with Gasteiger partial charge in [0.05, 0.1) is 25.7 Å². The summed E-state index contributed by atoms with van der Waals surface area (Å²) in [6.45, 7) is 3.07. The van der Waals surface area contributed by atoms with Crippen LogP contribution in [0, 0.1) is 0 Å². The molecule has 0 aromatic heterocycles. The molecule has 4 nitrogen and oxygen atoms in total. The molecular weight excluding hydrogens is 478 g/mol. The van der Waals surface area contributed by atoms with Crippen molar-refractivity contribution < 1.29 is 36.1 Å². The zero-order valence-corrected chi connectivity index (χ0v) is 21.5. The van der Waals surface area contributed by atoms with E-state index in [-0.39, 0.29) is 35.7 Å². The van der Waals surface area contributed by atoms with Gasteiger partial charge in [-0.15, -0.1) is 0 Å². The first-order valence-corrected chi connectivity index (χ1v) is 12.3. The summed E-state index contributed by atoms with van der Waals surface area (Å²) in [5.74, 6) is -0.884. The minimum Gasteiger partial charge on any atom is -1.00 e. The van der Waals surface area contributed by atoms with Crippen molar-refractivity contribution in [3.8, 4) is 0 Å². The maximum Gasteiger partial charge on any atom is 0.316 e. The second-order valence-corrected chi connectivity index (χ2v) is 9.99. The van der Waals surface area contributed by atoms with Crippen molar-refractivity contribution >= 4 is 5.97 Å². The number of aliphatic hydroxyl groups excluding tert-OH is 1. The number of unbranched alkanes of at least 4 members (excludes halogenated alkanes) is 1. The van der Waals surface area contributed by atoms with Crippen molar-refractivity contribution in [2.75, 3.05) is 13.7 Å². The first kappa shape index (κ1) is 25.9. The molecule has 4 rings (SSSR count). The Labute approximate surface area is 209 Å². The summed E-state index contributed by atoms with van der Waals surface area (Å²) in [5, 5.41) is 9.81. The van der Waals surface area contributed by atoms with Gasteiger partial charge in [0.2, 0.25) is 0 Å². The normalized spacial score (nSPS) is 26.9. The number of carbonyl (C=O) groups excluding carboxylic acids is 1. The average molecular weight is 517 g/mol. The van der Waals surface area contributed by atoms with E-state index < -0.39 is 5.92 Å². The van der Waals surface area contributed by atoms with Gasteiger partial charge in [0.1, 0.15) is 18.6 Å². The monoisotopic (exact) mass is 515 g/mol. The van der Waals surface area contributed by atoms with Crippen LogP contribution in [-0.4, -0.2) is 47.4 Å². The third-order valence-electron chi connectivity index (χ3n) is 7.89. The van der Waals surface area contributed by atoms with Crippen molar-refractivity contribution in [3.63, 3.8) is 0 Å². The molecule has 0 saturated carbocycles. The number of halogens is 1. The topological polar surface area (TPSA) is 46.5 Å². The minimum absolute atomic E-state index is 0. The fourth-order valence-electron chi connectivity index (χ4n) is 5.88. The Morgan fingerprint density at radius 1 is 1.03 bits per heavy atom. The van der Waals surface area contributed by atoms with Crippen LogP contribution < -0.4 is 17.0 Å². The number of aliphatic hydroxyl groups is 1. The lowest BCUT2D eigenvalue weighted by Crippen LogP contribution is -3.00.